The minimum atomic E-state index is -1.78. The Bertz CT molecular complexity index is 1340. The Balaban J connectivity index is 1.45. The third kappa shape index (κ3) is 8.59. The van der Waals surface area contributed by atoms with E-state index in [1.807, 2.05) is 121 Å². The van der Waals surface area contributed by atoms with Crippen LogP contribution in [0.25, 0.3) is 0 Å². The van der Waals surface area contributed by atoms with Crippen molar-refractivity contribution in [1.82, 2.24) is 0 Å². The van der Waals surface area contributed by atoms with Crippen molar-refractivity contribution in [1.29, 1.82) is 0 Å². The van der Waals surface area contributed by atoms with Gasteiger partial charge in [-0.2, -0.15) is 0 Å². The average molecular weight is 585 g/mol. The van der Waals surface area contributed by atoms with Crippen molar-refractivity contribution in [3.63, 3.8) is 0 Å². The molecule has 7 nitrogen and oxygen atoms in total. The highest BCUT2D eigenvalue weighted by Gasteiger charge is 2.56. The van der Waals surface area contributed by atoms with E-state index in [1.54, 1.807) is 6.92 Å². The normalized spacial score (nSPS) is 24.4. The number of benzene rings is 4. The van der Waals surface area contributed by atoms with E-state index < -0.39 is 36.3 Å². The molecule has 4 aromatic carbocycles. The van der Waals surface area contributed by atoms with Crippen LogP contribution in [0.1, 0.15) is 29.2 Å². The third-order valence-corrected chi connectivity index (χ3v) is 7.54. The van der Waals surface area contributed by atoms with E-state index in [-0.39, 0.29) is 33.0 Å². The van der Waals surface area contributed by atoms with Crippen molar-refractivity contribution in [2.24, 2.45) is 0 Å². The van der Waals surface area contributed by atoms with Crippen LogP contribution in [0.15, 0.2) is 121 Å². The first-order valence-corrected chi connectivity index (χ1v) is 14.7. The van der Waals surface area contributed by atoms with Crippen LogP contribution >= 0.6 is 0 Å². The Morgan fingerprint density at radius 2 is 1.00 bits per heavy atom. The fraction of sp³-hybridized carbons (Fsp3) is 0.333. The molecular weight excluding hydrogens is 544 g/mol. The van der Waals surface area contributed by atoms with Gasteiger partial charge in [-0.05, 0) is 29.2 Å². The van der Waals surface area contributed by atoms with E-state index in [0.717, 1.165) is 22.3 Å². The monoisotopic (exact) mass is 584 g/mol. The predicted molar refractivity (Wildman–Crippen MR) is 163 cm³/mol. The fourth-order valence-electron chi connectivity index (χ4n) is 5.31. The molecule has 0 radical (unpaired) electrons. The van der Waals surface area contributed by atoms with Crippen molar-refractivity contribution in [2.75, 3.05) is 6.61 Å². The van der Waals surface area contributed by atoms with Gasteiger partial charge in [0.2, 0.25) is 0 Å². The molecule has 7 heteroatoms. The molecule has 0 amide bonds. The maximum atomic E-state index is 11.8. The standard InChI is InChI=1S/C36H40O7/c1-36(38)35(42-26-30-20-12-5-13-21-30)34(41-25-29-18-10-4-11-19-29)33(40-24-28-16-8-3-9-17-28)32(43-36)31(22-37)39-23-27-14-6-2-7-15-27/h2-21,31-35,37-38H,22-26H2,1H3/t31-,32+,33+,34-,35+,36-/m0/s1. The van der Waals surface area contributed by atoms with Gasteiger partial charge in [-0.3, -0.25) is 0 Å². The van der Waals surface area contributed by atoms with Gasteiger partial charge >= 0.3 is 0 Å². The second-order valence-corrected chi connectivity index (χ2v) is 10.9. The summed E-state index contributed by atoms with van der Waals surface area (Å²) in [5.74, 6) is -1.78. The van der Waals surface area contributed by atoms with E-state index in [0.29, 0.717) is 0 Å². The van der Waals surface area contributed by atoms with E-state index in [9.17, 15) is 10.2 Å². The van der Waals surface area contributed by atoms with Crippen molar-refractivity contribution < 1.29 is 33.9 Å². The number of rotatable bonds is 14. The summed E-state index contributed by atoms with van der Waals surface area (Å²) >= 11 is 0. The predicted octanol–water partition coefficient (Wildman–Crippen LogP) is 5.43. The zero-order chi connectivity index (χ0) is 29.9. The number of ether oxygens (including phenoxy) is 5. The minimum absolute atomic E-state index is 0.236. The largest absolute Gasteiger partial charge is 0.394 e. The van der Waals surface area contributed by atoms with Crippen molar-refractivity contribution >= 4 is 0 Å². The highest BCUT2D eigenvalue weighted by molar-refractivity contribution is 5.17. The van der Waals surface area contributed by atoms with Gasteiger partial charge in [-0.15, -0.1) is 0 Å². The molecule has 0 saturated carbocycles. The lowest BCUT2D eigenvalue weighted by molar-refractivity contribution is -0.372. The summed E-state index contributed by atoms with van der Waals surface area (Å²) in [6.45, 7) is 2.23. The van der Waals surface area contributed by atoms with E-state index >= 15 is 0 Å². The fourth-order valence-corrected chi connectivity index (χ4v) is 5.31. The summed E-state index contributed by atoms with van der Waals surface area (Å²) in [6, 6.07) is 39.1. The van der Waals surface area contributed by atoms with Gasteiger partial charge in [0, 0.05) is 0 Å². The zero-order valence-corrected chi connectivity index (χ0v) is 24.4. The second-order valence-electron chi connectivity index (χ2n) is 10.9. The number of hydrogen-bond donors (Lipinski definition) is 2. The molecule has 2 N–H and O–H groups in total. The molecule has 0 spiro atoms. The van der Waals surface area contributed by atoms with E-state index in [2.05, 4.69) is 0 Å². The van der Waals surface area contributed by atoms with Gasteiger partial charge in [-0.25, -0.2) is 0 Å². The Kier molecular flexibility index (Phi) is 11.1. The molecule has 1 heterocycles. The molecule has 5 rings (SSSR count). The van der Waals surface area contributed by atoms with Crippen LogP contribution in [0.5, 0.6) is 0 Å². The summed E-state index contributed by atoms with van der Waals surface area (Å²) in [4.78, 5) is 0. The molecule has 0 unspecified atom stereocenters. The van der Waals surface area contributed by atoms with Gasteiger partial charge < -0.3 is 33.9 Å². The van der Waals surface area contributed by atoms with Crippen LogP contribution in [0, 0.1) is 0 Å². The van der Waals surface area contributed by atoms with Crippen molar-refractivity contribution in [2.45, 2.75) is 69.7 Å². The Hall–Kier alpha value is -3.40. The lowest BCUT2D eigenvalue weighted by atomic mass is 9.90. The van der Waals surface area contributed by atoms with Crippen LogP contribution in [0.2, 0.25) is 0 Å². The molecule has 1 aliphatic heterocycles. The molecule has 6 atom stereocenters. The van der Waals surface area contributed by atoms with Crippen molar-refractivity contribution in [3.05, 3.63) is 144 Å². The van der Waals surface area contributed by atoms with Crippen LogP contribution < -0.4 is 0 Å². The topological polar surface area (TPSA) is 86.6 Å². The first kappa shape index (κ1) is 31.0. The first-order valence-electron chi connectivity index (χ1n) is 14.7. The molecule has 43 heavy (non-hydrogen) atoms. The smallest absolute Gasteiger partial charge is 0.192 e. The Labute approximate surface area is 253 Å². The molecule has 1 aliphatic rings. The van der Waals surface area contributed by atoms with E-state index in [4.69, 9.17) is 23.7 Å². The van der Waals surface area contributed by atoms with E-state index in [1.165, 1.54) is 0 Å². The van der Waals surface area contributed by atoms with Gasteiger partial charge in [0.15, 0.2) is 5.79 Å². The van der Waals surface area contributed by atoms with Gasteiger partial charge in [0.1, 0.15) is 30.5 Å². The van der Waals surface area contributed by atoms with Crippen LogP contribution in [-0.2, 0) is 50.1 Å². The number of aliphatic hydroxyl groups is 2. The van der Waals surface area contributed by atoms with Crippen LogP contribution in [0.4, 0.5) is 0 Å². The summed E-state index contributed by atoms with van der Waals surface area (Å²) < 4.78 is 32.0. The lowest BCUT2D eigenvalue weighted by Gasteiger charge is -2.50. The molecule has 0 aliphatic carbocycles. The van der Waals surface area contributed by atoms with Gasteiger partial charge in [-0.1, -0.05) is 121 Å². The maximum Gasteiger partial charge on any atom is 0.192 e. The highest BCUT2D eigenvalue weighted by Crippen LogP contribution is 2.37. The number of hydrogen-bond acceptors (Lipinski definition) is 7. The second kappa shape index (κ2) is 15.4. The molecule has 4 aromatic rings. The number of aliphatic hydroxyl groups excluding tert-OH is 1. The molecule has 0 aromatic heterocycles. The summed E-state index contributed by atoms with van der Waals surface area (Å²) in [6.07, 6.45) is -4.12. The minimum Gasteiger partial charge on any atom is -0.394 e. The lowest BCUT2D eigenvalue weighted by Crippen LogP contribution is -2.68. The molecule has 226 valence electrons. The Morgan fingerprint density at radius 1 is 0.605 bits per heavy atom. The SMILES string of the molecule is C[C@]1(O)O[C@H]([C@H](CO)OCc2ccccc2)[C@@H](OCc2ccccc2)[C@H](OCc2ccccc2)[C@H]1OCc1ccccc1. The van der Waals surface area contributed by atoms with Crippen LogP contribution in [0.3, 0.4) is 0 Å². The van der Waals surface area contributed by atoms with Gasteiger partial charge in [0.25, 0.3) is 0 Å². The first-order chi connectivity index (χ1) is 21.0. The zero-order valence-electron chi connectivity index (χ0n) is 24.4. The molecule has 0 bridgehead atoms. The maximum absolute atomic E-state index is 11.8. The third-order valence-electron chi connectivity index (χ3n) is 7.54. The molecule has 1 fully saturated rings. The van der Waals surface area contributed by atoms with Crippen LogP contribution in [-0.4, -0.2) is 53.1 Å². The highest BCUT2D eigenvalue weighted by atomic mass is 16.7. The molecule has 1 saturated heterocycles. The van der Waals surface area contributed by atoms with Crippen molar-refractivity contribution in [3.8, 4) is 0 Å². The molecular formula is C36H40O7. The summed E-state index contributed by atoms with van der Waals surface area (Å²) in [7, 11) is 0. The summed E-state index contributed by atoms with van der Waals surface area (Å²) in [5, 5.41) is 22.3. The Morgan fingerprint density at radius 3 is 1.44 bits per heavy atom. The summed E-state index contributed by atoms with van der Waals surface area (Å²) in [5.41, 5.74) is 3.83. The average Bonchev–Trinajstić information content (AvgIpc) is 3.04. The quantitative estimate of drug-likeness (QED) is 0.205. The van der Waals surface area contributed by atoms with Gasteiger partial charge in [0.05, 0.1) is 33.0 Å².